The van der Waals surface area contributed by atoms with E-state index in [1.54, 1.807) is 0 Å². The molecule has 8 heavy (non-hydrogen) atoms. The Hall–Kier alpha value is -0.300. The van der Waals surface area contributed by atoms with Gasteiger partial charge in [0, 0.05) is 6.54 Å². The first kappa shape index (κ1) is 10.6. The van der Waals surface area contributed by atoms with Crippen molar-refractivity contribution in [2.45, 2.75) is 20.8 Å². The van der Waals surface area contributed by atoms with Crippen molar-refractivity contribution < 1.29 is 0 Å². The van der Waals surface area contributed by atoms with Crippen molar-refractivity contribution in [3.63, 3.8) is 0 Å². The molecule has 0 bridgehead atoms. The average molecular weight is 115 g/mol. The molecule has 0 aliphatic carbocycles. The smallest absolute Gasteiger partial charge is 0.0131 e. The van der Waals surface area contributed by atoms with Gasteiger partial charge < -0.3 is 5.32 Å². The molecule has 0 saturated carbocycles. The van der Waals surface area contributed by atoms with Crippen LogP contribution in [0.4, 0.5) is 0 Å². The molecule has 0 aromatic carbocycles. The van der Waals surface area contributed by atoms with Crippen molar-refractivity contribution in [2.75, 3.05) is 13.6 Å². The Morgan fingerprint density at radius 3 is 2.00 bits per heavy atom. The minimum atomic E-state index is 0.983. The zero-order valence-corrected chi connectivity index (χ0v) is 6.36. The van der Waals surface area contributed by atoms with Gasteiger partial charge in [-0.15, -0.1) is 0 Å². The van der Waals surface area contributed by atoms with Crippen LogP contribution in [0.15, 0.2) is 12.2 Å². The van der Waals surface area contributed by atoms with E-state index in [-0.39, 0.29) is 0 Å². The SMILES string of the molecule is C/C=C\CNC.CC. The van der Waals surface area contributed by atoms with Gasteiger partial charge in [-0.3, -0.25) is 0 Å². The van der Waals surface area contributed by atoms with E-state index in [9.17, 15) is 0 Å². The van der Waals surface area contributed by atoms with Gasteiger partial charge in [0.1, 0.15) is 0 Å². The summed E-state index contributed by atoms with van der Waals surface area (Å²) in [6, 6.07) is 0. The summed E-state index contributed by atoms with van der Waals surface area (Å²) < 4.78 is 0. The molecule has 0 unspecified atom stereocenters. The number of hydrogen-bond acceptors (Lipinski definition) is 1. The van der Waals surface area contributed by atoms with E-state index in [1.165, 1.54) is 0 Å². The van der Waals surface area contributed by atoms with Crippen LogP contribution in [-0.2, 0) is 0 Å². The molecule has 1 N–H and O–H groups in total. The summed E-state index contributed by atoms with van der Waals surface area (Å²) in [5.74, 6) is 0. The summed E-state index contributed by atoms with van der Waals surface area (Å²) in [6.07, 6.45) is 4.09. The van der Waals surface area contributed by atoms with E-state index in [4.69, 9.17) is 0 Å². The van der Waals surface area contributed by atoms with Crippen LogP contribution >= 0.6 is 0 Å². The predicted molar refractivity (Wildman–Crippen MR) is 40.1 cm³/mol. The minimum absolute atomic E-state index is 0.983. The zero-order valence-electron chi connectivity index (χ0n) is 6.36. The molecule has 0 amide bonds. The number of nitrogens with one attached hydrogen (secondary N) is 1. The monoisotopic (exact) mass is 115 g/mol. The van der Waals surface area contributed by atoms with E-state index in [1.807, 2.05) is 33.9 Å². The van der Waals surface area contributed by atoms with E-state index in [0.717, 1.165) is 6.54 Å². The molecule has 0 heterocycles. The lowest BCUT2D eigenvalue weighted by Gasteiger charge is -1.81. The number of hydrogen-bond donors (Lipinski definition) is 1. The van der Waals surface area contributed by atoms with E-state index < -0.39 is 0 Å². The molecule has 1 heteroatoms. The molecular weight excluding hydrogens is 98.1 g/mol. The first-order valence-electron chi connectivity index (χ1n) is 3.17. The van der Waals surface area contributed by atoms with Gasteiger partial charge in [0.2, 0.25) is 0 Å². The molecule has 0 aliphatic heterocycles. The molecule has 0 radical (unpaired) electrons. The van der Waals surface area contributed by atoms with Crippen LogP contribution in [0, 0.1) is 0 Å². The predicted octanol–water partition coefficient (Wildman–Crippen LogP) is 1.81. The first-order chi connectivity index (χ1) is 3.91. The summed E-state index contributed by atoms with van der Waals surface area (Å²) in [4.78, 5) is 0. The maximum absolute atomic E-state index is 2.98. The Kier molecular flexibility index (Phi) is 21.1. The van der Waals surface area contributed by atoms with Gasteiger partial charge in [-0.25, -0.2) is 0 Å². The zero-order chi connectivity index (χ0) is 6.83. The minimum Gasteiger partial charge on any atom is -0.316 e. The summed E-state index contributed by atoms with van der Waals surface area (Å²) in [6.45, 7) is 6.99. The molecule has 0 saturated heterocycles. The van der Waals surface area contributed by atoms with E-state index >= 15 is 0 Å². The van der Waals surface area contributed by atoms with Crippen LogP contribution in [0.25, 0.3) is 0 Å². The van der Waals surface area contributed by atoms with Crippen LogP contribution in [-0.4, -0.2) is 13.6 Å². The second-order valence-electron chi connectivity index (χ2n) is 1.13. The average Bonchev–Trinajstić information content (AvgIpc) is 1.88. The summed E-state index contributed by atoms with van der Waals surface area (Å²) in [7, 11) is 1.93. The largest absolute Gasteiger partial charge is 0.316 e. The van der Waals surface area contributed by atoms with Crippen LogP contribution in [0.3, 0.4) is 0 Å². The normalized spacial score (nSPS) is 8.50. The maximum atomic E-state index is 2.98. The molecule has 0 atom stereocenters. The molecule has 0 aliphatic rings. The van der Waals surface area contributed by atoms with Crippen LogP contribution in [0.5, 0.6) is 0 Å². The number of allylic oxidation sites excluding steroid dienone is 1. The highest BCUT2D eigenvalue weighted by Crippen LogP contribution is 1.61. The van der Waals surface area contributed by atoms with Crippen molar-refractivity contribution in [3.8, 4) is 0 Å². The third-order valence-electron chi connectivity index (χ3n) is 0.558. The third kappa shape index (κ3) is 17.3. The number of rotatable bonds is 2. The molecule has 1 nitrogen and oxygen atoms in total. The Bertz CT molecular complexity index is 39.7. The lowest BCUT2D eigenvalue weighted by molar-refractivity contribution is 0.918. The van der Waals surface area contributed by atoms with Gasteiger partial charge in [0.05, 0.1) is 0 Å². The Labute approximate surface area is 52.8 Å². The molecular formula is C7H17N. The molecule has 0 aromatic heterocycles. The third-order valence-corrected chi connectivity index (χ3v) is 0.558. The van der Waals surface area contributed by atoms with Crippen LogP contribution in [0.2, 0.25) is 0 Å². The fourth-order valence-corrected chi connectivity index (χ4v) is 0.236. The highest BCUT2D eigenvalue weighted by atomic mass is 14.8. The van der Waals surface area contributed by atoms with Gasteiger partial charge in [0.25, 0.3) is 0 Å². The second kappa shape index (κ2) is 15.9. The van der Waals surface area contributed by atoms with Gasteiger partial charge in [-0.05, 0) is 14.0 Å². The molecule has 0 rings (SSSR count). The van der Waals surface area contributed by atoms with Gasteiger partial charge >= 0.3 is 0 Å². The molecule has 0 spiro atoms. The van der Waals surface area contributed by atoms with Gasteiger partial charge in [-0.1, -0.05) is 26.0 Å². The summed E-state index contributed by atoms with van der Waals surface area (Å²) in [5, 5.41) is 2.98. The van der Waals surface area contributed by atoms with E-state index in [0.29, 0.717) is 0 Å². The first-order valence-corrected chi connectivity index (χ1v) is 3.17. The Balaban J connectivity index is 0. The van der Waals surface area contributed by atoms with Gasteiger partial charge in [-0.2, -0.15) is 0 Å². The topological polar surface area (TPSA) is 12.0 Å². The van der Waals surface area contributed by atoms with Crippen molar-refractivity contribution in [2.24, 2.45) is 0 Å². The van der Waals surface area contributed by atoms with Crippen molar-refractivity contribution in [3.05, 3.63) is 12.2 Å². The summed E-state index contributed by atoms with van der Waals surface area (Å²) >= 11 is 0. The van der Waals surface area contributed by atoms with Crippen molar-refractivity contribution in [1.29, 1.82) is 0 Å². The summed E-state index contributed by atoms with van der Waals surface area (Å²) in [5.41, 5.74) is 0. The fourth-order valence-electron chi connectivity index (χ4n) is 0.236. The Morgan fingerprint density at radius 2 is 1.88 bits per heavy atom. The van der Waals surface area contributed by atoms with Crippen molar-refractivity contribution >= 4 is 0 Å². The number of likely N-dealkylation sites (N-methyl/N-ethyl adjacent to an activating group) is 1. The molecule has 0 fully saturated rings. The standard InChI is InChI=1S/C5H11N.C2H6/c1-3-4-5-6-2;1-2/h3-4,6H,5H2,1-2H3;1-2H3/b4-3-;. The van der Waals surface area contributed by atoms with E-state index in [2.05, 4.69) is 11.4 Å². The van der Waals surface area contributed by atoms with Gasteiger partial charge in [0.15, 0.2) is 0 Å². The maximum Gasteiger partial charge on any atom is 0.0131 e. The quantitative estimate of drug-likeness (QED) is 0.541. The van der Waals surface area contributed by atoms with Crippen LogP contribution in [0.1, 0.15) is 20.8 Å². The lowest BCUT2D eigenvalue weighted by atomic mass is 10.5. The Morgan fingerprint density at radius 1 is 1.38 bits per heavy atom. The molecule has 50 valence electrons. The van der Waals surface area contributed by atoms with Crippen molar-refractivity contribution in [1.82, 2.24) is 5.32 Å². The highest BCUT2D eigenvalue weighted by Gasteiger charge is 1.61. The molecule has 0 aromatic rings. The van der Waals surface area contributed by atoms with Crippen LogP contribution < -0.4 is 5.32 Å². The highest BCUT2D eigenvalue weighted by molar-refractivity contribution is 4.77. The fraction of sp³-hybridized carbons (Fsp3) is 0.714. The lowest BCUT2D eigenvalue weighted by Crippen LogP contribution is -2.03. The second-order valence-corrected chi connectivity index (χ2v) is 1.13.